The fourth-order valence-corrected chi connectivity index (χ4v) is 2.24. The number of benzene rings is 1. The first kappa shape index (κ1) is 10.0. The van der Waals surface area contributed by atoms with Crippen molar-refractivity contribution in [3.05, 3.63) is 41.7 Å². The van der Waals surface area contributed by atoms with E-state index >= 15 is 0 Å². The van der Waals surface area contributed by atoms with Gasteiger partial charge in [0.1, 0.15) is 6.33 Å². The molecule has 1 aliphatic carbocycles. The molecule has 0 amide bonds. The summed E-state index contributed by atoms with van der Waals surface area (Å²) < 4.78 is 0. The van der Waals surface area contributed by atoms with E-state index in [0.29, 0.717) is 5.95 Å². The average Bonchev–Trinajstić information content (AvgIpc) is 2.73. The van der Waals surface area contributed by atoms with Crippen LogP contribution in [-0.2, 0) is 6.42 Å². The highest BCUT2D eigenvalue weighted by molar-refractivity contribution is 5.41. The number of fused-ring (bicyclic) bond motifs is 1. The molecule has 5 nitrogen and oxygen atoms in total. The van der Waals surface area contributed by atoms with Gasteiger partial charge in [-0.25, -0.2) is 9.97 Å². The fourth-order valence-electron chi connectivity index (χ4n) is 2.24. The Morgan fingerprint density at radius 1 is 1.24 bits per heavy atom. The minimum absolute atomic E-state index is 0.244. The molecule has 0 saturated carbocycles. The summed E-state index contributed by atoms with van der Waals surface area (Å²) in [7, 11) is 0. The second-order valence-electron chi connectivity index (χ2n) is 4.10. The van der Waals surface area contributed by atoms with Crippen molar-refractivity contribution in [2.75, 3.05) is 11.1 Å². The molecule has 0 bridgehead atoms. The van der Waals surface area contributed by atoms with Gasteiger partial charge < -0.3 is 11.1 Å². The Morgan fingerprint density at radius 3 is 3.00 bits per heavy atom. The molecule has 0 saturated heterocycles. The first-order valence-corrected chi connectivity index (χ1v) is 5.62. The maximum Gasteiger partial charge on any atom is 0.227 e. The average molecular weight is 227 g/mol. The molecule has 5 heteroatoms. The van der Waals surface area contributed by atoms with Crippen molar-refractivity contribution in [2.45, 2.75) is 18.9 Å². The number of aryl methyl sites for hydroxylation is 1. The fraction of sp³-hybridized carbons (Fsp3) is 0.250. The topological polar surface area (TPSA) is 76.7 Å². The molecule has 2 aromatic rings. The molecule has 1 aromatic heterocycles. The predicted molar refractivity (Wildman–Crippen MR) is 65.4 cm³/mol. The summed E-state index contributed by atoms with van der Waals surface area (Å²) >= 11 is 0. The van der Waals surface area contributed by atoms with Gasteiger partial charge in [0.15, 0.2) is 0 Å². The van der Waals surface area contributed by atoms with Gasteiger partial charge in [-0.15, -0.1) is 0 Å². The van der Waals surface area contributed by atoms with E-state index in [1.54, 1.807) is 0 Å². The summed E-state index contributed by atoms with van der Waals surface area (Å²) in [6, 6.07) is 8.71. The van der Waals surface area contributed by atoms with Crippen LogP contribution in [0, 0.1) is 0 Å². The molecule has 0 radical (unpaired) electrons. The second-order valence-corrected chi connectivity index (χ2v) is 4.10. The van der Waals surface area contributed by atoms with Gasteiger partial charge in [-0.05, 0) is 24.0 Å². The normalized spacial score (nSPS) is 17.8. The van der Waals surface area contributed by atoms with Crippen LogP contribution >= 0.6 is 0 Å². The predicted octanol–water partition coefficient (Wildman–Crippen LogP) is 1.55. The van der Waals surface area contributed by atoms with Gasteiger partial charge in [0.25, 0.3) is 0 Å². The largest absolute Gasteiger partial charge is 0.368 e. The molecule has 1 aliphatic rings. The highest BCUT2D eigenvalue weighted by atomic mass is 15.2. The Balaban J connectivity index is 1.84. The Bertz CT molecular complexity index is 540. The van der Waals surface area contributed by atoms with Crippen molar-refractivity contribution >= 4 is 11.9 Å². The van der Waals surface area contributed by atoms with Gasteiger partial charge in [-0.2, -0.15) is 4.98 Å². The smallest absolute Gasteiger partial charge is 0.227 e. The molecule has 1 atom stereocenters. The van der Waals surface area contributed by atoms with Crippen LogP contribution in [0.1, 0.15) is 23.6 Å². The van der Waals surface area contributed by atoms with E-state index in [9.17, 15) is 0 Å². The zero-order valence-electron chi connectivity index (χ0n) is 9.30. The number of nitrogens with one attached hydrogen (secondary N) is 1. The summed E-state index contributed by atoms with van der Waals surface area (Å²) in [6.45, 7) is 0. The molecule has 1 unspecified atom stereocenters. The van der Waals surface area contributed by atoms with Gasteiger partial charge in [0, 0.05) is 0 Å². The van der Waals surface area contributed by atoms with Crippen LogP contribution in [0.25, 0.3) is 0 Å². The van der Waals surface area contributed by atoms with Crippen LogP contribution in [0.3, 0.4) is 0 Å². The van der Waals surface area contributed by atoms with Crippen LogP contribution < -0.4 is 11.1 Å². The van der Waals surface area contributed by atoms with Crippen molar-refractivity contribution in [3.8, 4) is 0 Å². The van der Waals surface area contributed by atoms with Crippen molar-refractivity contribution < 1.29 is 0 Å². The number of aromatic nitrogens is 3. The van der Waals surface area contributed by atoms with Crippen molar-refractivity contribution in [2.24, 2.45) is 0 Å². The number of hydrogen-bond donors (Lipinski definition) is 2. The third-order valence-corrected chi connectivity index (χ3v) is 3.03. The van der Waals surface area contributed by atoms with Crippen LogP contribution in [0.2, 0.25) is 0 Å². The minimum atomic E-state index is 0.244. The van der Waals surface area contributed by atoms with Crippen molar-refractivity contribution in [1.82, 2.24) is 15.0 Å². The molecule has 1 heterocycles. The molecule has 3 N–H and O–H groups in total. The quantitative estimate of drug-likeness (QED) is 0.814. The van der Waals surface area contributed by atoms with E-state index in [1.165, 1.54) is 17.5 Å². The van der Waals surface area contributed by atoms with E-state index in [1.807, 2.05) is 0 Å². The molecule has 0 spiro atoms. The first-order chi connectivity index (χ1) is 8.33. The lowest BCUT2D eigenvalue weighted by Crippen LogP contribution is -2.11. The molecule has 0 fully saturated rings. The zero-order valence-corrected chi connectivity index (χ0v) is 9.30. The maximum atomic E-state index is 5.53. The third-order valence-electron chi connectivity index (χ3n) is 3.03. The first-order valence-electron chi connectivity index (χ1n) is 5.62. The van der Waals surface area contributed by atoms with Crippen molar-refractivity contribution in [3.63, 3.8) is 0 Å². The monoisotopic (exact) mass is 227 g/mol. The van der Waals surface area contributed by atoms with Crippen LogP contribution in [0.5, 0.6) is 0 Å². The Hall–Kier alpha value is -2.17. The molecule has 86 valence electrons. The van der Waals surface area contributed by atoms with Crippen molar-refractivity contribution in [1.29, 1.82) is 0 Å². The third kappa shape index (κ3) is 1.91. The van der Waals surface area contributed by atoms with Gasteiger partial charge in [0.05, 0.1) is 6.04 Å². The molecule has 0 aliphatic heterocycles. The summed E-state index contributed by atoms with van der Waals surface area (Å²) in [5, 5.41) is 3.30. The van der Waals surface area contributed by atoms with Crippen LogP contribution in [0.15, 0.2) is 30.6 Å². The minimum Gasteiger partial charge on any atom is -0.368 e. The number of nitrogen functional groups attached to an aromatic ring is 1. The van der Waals surface area contributed by atoms with Crippen LogP contribution in [0.4, 0.5) is 11.9 Å². The lowest BCUT2D eigenvalue weighted by molar-refractivity contribution is 0.749. The van der Waals surface area contributed by atoms with E-state index in [0.717, 1.165) is 12.8 Å². The summed E-state index contributed by atoms with van der Waals surface area (Å²) in [6.07, 6.45) is 3.57. The SMILES string of the molecule is Nc1ncnc(NC2CCc3ccccc32)n1. The highest BCUT2D eigenvalue weighted by Gasteiger charge is 2.22. The summed E-state index contributed by atoms with van der Waals surface area (Å²) in [5.74, 6) is 0.785. The van der Waals surface area contributed by atoms with E-state index in [4.69, 9.17) is 5.73 Å². The Kier molecular flexibility index (Phi) is 2.36. The van der Waals surface area contributed by atoms with E-state index in [-0.39, 0.29) is 12.0 Å². The zero-order chi connectivity index (χ0) is 11.7. The number of hydrogen-bond acceptors (Lipinski definition) is 5. The van der Waals surface area contributed by atoms with Gasteiger partial charge in [0.2, 0.25) is 11.9 Å². The highest BCUT2D eigenvalue weighted by Crippen LogP contribution is 2.32. The molecule has 3 rings (SSSR count). The lowest BCUT2D eigenvalue weighted by Gasteiger charge is -2.13. The standard InChI is InChI=1S/C12H13N5/c13-11-14-7-15-12(17-11)16-10-6-5-8-3-1-2-4-9(8)10/h1-4,7,10H,5-6H2,(H3,13,14,15,16,17). The molecule has 1 aromatic carbocycles. The lowest BCUT2D eigenvalue weighted by atomic mass is 10.1. The molecule has 17 heavy (non-hydrogen) atoms. The summed E-state index contributed by atoms with van der Waals surface area (Å²) in [5.41, 5.74) is 8.25. The van der Waals surface area contributed by atoms with Crippen LogP contribution in [-0.4, -0.2) is 15.0 Å². The maximum absolute atomic E-state index is 5.53. The number of nitrogens with zero attached hydrogens (tertiary/aromatic N) is 3. The van der Waals surface area contributed by atoms with Gasteiger partial charge in [-0.1, -0.05) is 24.3 Å². The number of anilines is 2. The number of nitrogens with two attached hydrogens (primary N) is 1. The summed E-state index contributed by atoms with van der Waals surface area (Å²) in [4.78, 5) is 11.9. The Morgan fingerprint density at radius 2 is 2.12 bits per heavy atom. The second kappa shape index (κ2) is 4.01. The Labute approximate surface area is 99.1 Å². The van der Waals surface area contributed by atoms with Gasteiger partial charge in [-0.3, -0.25) is 0 Å². The molecular formula is C12H13N5. The molecular weight excluding hydrogens is 214 g/mol. The number of rotatable bonds is 2. The van der Waals surface area contributed by atoms with E-state index < -0.39 is 0 Å². The van der Waals surface area contributed by atoms with Gasteiger partial charge >= 0.3 is 0 Å². The van der Waals surface area contributed by atoms with E-state index in [2.05, 4.69) is 44.5 Å².